The molecule has 0 saturated heterocycles. The quantitative estimate of drug-likeness (QED) is 0.398. The smallest absolute Gasteiger partial charge is 0.255 e. The van der Waals surface area contributed by atoms with Gasteiger partial charge in [-0.25, -0.2) is 0 Å². The maximum Gasteiger partial charge on any atom is 0.255 e. The molecule has 6 nitrogen and oxygen atoms in total. The molecule has 3 aromatic heterocycles. The first-order chi connectivity index (χ1) is 16.0. The number of anilines is 1. The van der Waals surface area contributed by atoms with Crippen LogP contribution < -0.4 is 5.32 Å². The number of nitrogens with zero attached hydrogens (tertiary/aromatic N) is 4. The number of carbonyl (C=O) groups is 1. The molecule has 1 amide bonds. The Morgan fingerprint density at radius 1 is 0.879 bits per heavy atom. The van der Waals surface area contributed by atoms with Crippen LogP contribution in [-0.2, 0) is 0 Å². The molecule has 0 aliphatic heterocycles. The highest BCUT2D eigenvalue weighted by atomic mass is 16.1. The highest BCUT2D eigenvalue weighted by Gasteiger charge is 2.16. The predicted molar refractivity (Wildman–Crippen MR) is 130 cm³/mol. The second kappa shape index (κ2) is 8.31. The standard InChI is InChI=1S/C27H23N5O/c1-17-8-12-21(13-9-17)29-27(33)24-16-20(11-10-18(24)2)23-7-5-15-32-25(30-31-26(23)32)22-6-4-14-28-19(22)3/h4-16H,1-3H3,(H,29,33). The van der Waals surface area contributed by atoms with Crippen LogP contribution >= 0.6 is 0 Å². The summed E-state index contributed by atoms with van der Waals surface area (Å²) in [7, 11) is 0. The van der Waals surface area contributed by atoms with Gasteiger partial charge in [-0.3, -0.25) is 14.2 Å². The minimum Gasteiger partial charge on any atom is -0.322 e. The highest BCUT2D eigenvalue weighted by molar-refractivity contribution is 6.06. The zero-order valence-corrected chi connectivity index (χ0v) is 18.7. The number of hydrogen-bond donors (Lipinski definition) is 1. The Labute approximate surface area is 192 Å². The molecule has 162 valence electrons. The molecule has 3 heterocycles. The summed E-state index contributed by atoms with van der Waals surface area (Å²) in [6.45, 7) is 5.92. The summed E-state index contributed by atoms with van der Waals surface area (Å²) < 4.78 is 1.96. The van der Waals surface area contributed by atoms with E-state index < -0.39 is 0 Å². The Kier molecular flexibility index (Phi) is 5.18. The third-order valence-corrected chi connectivity index (χ3v) is 5.79. The van der Waals surface area contributed by atoms with E-state index >= 15 is 0 Å². The van der Waals surface area contributed by atoms with Crippen LogP contribution in [0.3, 0.4) is 0 Å². The molecular formula is C27H23N5O. The summed E-state index contributed by atoms with van der Waals surface area (Å²) in [5.74, 6) is 0.597. The van der Waals surface area contributed by atoms with Crippen molar-refractivity contribution in [3.05, 3.63) is 102 Å². The second-order valence-corrected chi connectivity index (χ2v) is 8.13. The van der Waals surface area contributed by atoms with Crippen LogP contribution in [0.2, 0.25) is 0 Å². The Hall–Kier alpha value is -4.32. The highest BCUT2D eigenvalue weighted by Crippen LogP contribution is 2.29. The number of amides is 1. The number of aromatic nitrogens is 4. The summed E-state index contributed by atoms with van der Waals surface area (Å²) >= 11 is 0. The van der Waals surface area contributed by atoms with Gasteiger partial charge in [0.15, 0.2) is 11.5 Å². The normalized spacial score (nSPS) is 11.0. The van der Waals surface area contributed by atoms with Crippen LogP contribution in [0.25, 0.3) is 28.2 Å². The van der Waals surface area contributed by atoms with E-state index in [0.717, 1.165) is 50.7 Å². The lowest BCUT2D eigenvalue weighted by molar-refractivity contribution is 0.102. The first kappa shape index (κ1) is 20.6. The fourth-order valence-electron chi connectivity index (χ4n) is 3.92. The van der Waals surface area contributed by atoms with Gasteiger partial charge in [-0.1, -0.05) is 29.8 Å². The molecule has 0 spiro atoms. The monoisotopic (exact) mass is 433 g/mol. The maximum absolute atomic E-state index is 13.0. The molecule has 0 saturated carbocycles. The Balaban J connectivity index is 1.55. The zero-order chi connectivity index (χ0) is 22.9. The summed E-state index contributed by atoms with van der Waals surface area (Å²) in [4.78, 5) is 17.4. The minimum absolute atomic E-state index is 0.140. The van der Waals surface area contributed by atoms with Crippen LogP contribution in [0.4, 0.5) is 5.69 Å². The van der Waals surface area contributed by atoms with Gasteiger partial charge in [-0.15, -0.1) is 10.2 Å². The molecule has 0 atom stereocenters. The molecule has 0 aliphatic carbocycles. The SMILES string of the molecule is Cc1ccc(NC(=O)c2cc(-c3cccn4c(-c5cccnc5C)nnc34)ccc2C)cc1. The largest absolute Gasteiger partial charge is 0.322 e. The lowest BCUT2D eigenvalue weighted by Gasteiger charge is -2.11. The maximum atomic E-state index is 13.0. The number of rotatable bonds is 4. The summed E-state index contributed by atoms with van der Waals surface area (Å²) in [6.07, 6.45) is 3.71. The average molecular weight is 434 g/mol. The van der Waals surface area contributed by atoms with Crippen molar-refractivity contribution >= 4 is 17.2 Å². The van der Waals surface area contributed by atoms with E-state index in [1.807, 2.05) is 98.1 Å². The van der Waals surface area contributed by atoms with E-state index in [4.69, 9.17) is 0 Å². The molecule has 0 radical (unpaired) electrons. The minimum atomic E-state index is -0.140. The first-order valence-electron chi connectivity index (χ1n) is 10.8. The van der Waals surface area contributed by atoms with Crippen LogP contribution in [0.5, 0.6) is 0 Å². The molecule has 0 fully saturated rings. The Bertz CT molecular complexity index is 1480. The van der Waals surface area contributed by atoms with Gasteiger partial charge in [0.05, 0.1) is 0 Å². The predicted octanol–water partition coefficient (Wildman–Crippen LogP) is 5.64. The van der Waals surface area contributed by atoms with E-state index in [1.165, 1.54) is 0 Å². The van der Waals surface area contributed by atoms with Crippen LogP contribution in [0.15, 0.2) is 79.1 Å². The molecule has 1 N–H and O–H groups in total. The number of fused-ring (bicyclic) bond motifs is 1. The average Bonchev–Trinajstić information content (AvgIpc) is 3.25. The Morgan fingerprint density at radius 2 is 1.67 bits per heavy atom. The van der Waals surface area contributed by atoms with Crippen molar-refractivity contribution in [3.63, 3.8) is 0 Å². The van der Waals surface area contributed by atoms with Crippen LogP contribution in [-0.4, -0.2) is 25.5 Å². The third-order valence-electron chi connectivity index (χ3n) is 5.79. The van der Waals surface area contributed by atoms with Crippen molar-refractivity contribution in [1.82, 2.24) is 19.6 Å². The molecule has 2 aromatic carbocycles. The molecule has 6 heteroatoms. The van der Waals surface area contributed by atoms with Gasteiger partial charge in [-0.2, -0.15) is 0 Å². The lowest BCUT2D eigenvalue weighted by Crippen LogP contribution is -2.13. The van der Waals surface area contributed by atoms with Crippen LogP contribution in [0, 0.1) is 20.8 Å². The van der Waals surface area contributed by atoms with E-state index in [0.29, 0.717) is 5.56 Å². The molecule has 5 rings (SSSR count). The molecule has 0 aliphatic rings. The zero-order valence-electron chi connectivity index (χ0n) is 18.7. The lowest BCUT2D eigenvalue weighted by atomic mass is 9.99. The van der Waals surface area contributed by atoms with E-state index in [-0.39, 0.29) is 5.91 Å². The Morgan fingerprint density at radius 3 is 2.45 bits per heavy atom. The number of hydrogen-bond acceptors (Lipinski definition) is 4. The van der Waals surface area contributed by atoms with Crippen molar-refractivity contribution in [3.8, 4) is 22.5 Å². The van der Waals surface area contributed by atoms with Gasteiger partial charge < -0.3 is 5.32 Å². The van der Waals surface area contributed by atoms with Gasteiger partial charge in [-0.05, 0) is 74.4 Å². The van der Waals surface area contributed by atoms with Gasteiger partial charge in [0.2, 0.25) is 0 Å². The van der Waals surface area contributed by atoms with Gasteiger partial charge in [0.25, 0.3) is 5.91 Å². The fourth-order valence-corrected chi connectivity index (χ4v) is 3.92. The van der Waals surface area contributed by atoms with Crippen molar-refractivity contribution < 1.29 is 4.79 Å². The van der Waals surface area contributed by atoms with Crippen molar-refractivity contribution in [2.24, 2.45) is 0 Å². The second-order valence-electron chi connectivity index (χ2n) is 8.13. The van der Waals surface area contributed by atoms with Crippen molar-refractivity contribution in [1.29, 1.82) is 0 Å². The van der Waals surface area contributed by atoms with Crippen LogP contribution in [0.1, 0.15) is 27.2 Å². The van der Waals surface area contributed by atoms with E-state index in [9.17, 15) is 4.79 Å². The molecular weight excluding hydrogens is 410 g/mol. The summed E-state index contributed by atoms with van der Waals surface area (Å²) in [6, 6.07) is 21.5. The number of benzene rings is 2. The van der Waals surface area contributed by atoms with Gasteiger partial charge >= 0.3 is 0 Å². The topological polar surface area (TPSA) is 72.2 Å². The first-order valence-corrected chi connectivity index (χ1v) is 10.8. The van der Waals surface area contributed by atoms with E-state index in [1.54, 1.807) is 6.20 Å². The number of pyridine rings is 2. The number of nitrogens with one attached hydrogen (secondary N) is 1. The van der Waals surface area contributed by atoms with Gasteiger partial charge in [0.1, 0.15) is 0 Å². The summed E-state index contributed by atoms with van der Waals surface area (Å²) in [5, 5.41) is 11.9. The molecule has 0 bridgehead atoms. The number of carbonyl (C=O) groups excluding carboxylic acids is 1. The fraction of sp³-hybridized carbons (Fsp3) is 0.111. The van der Waals surface area contributed by atoms with Gasteiger partial charge in [0, 0.05) is 40.5 Å². The van der Waals surface area contributed by atoms with E-state index in [2.05, 4.69) is 20.5 Å². The third kappa shape index (κ3) is 3.87. The summed E-state index contributed by atoms with van der Waals surface area (Å²) in [5.41, 5.74) is 7.81. The molecule has 33 heavy (non-hydrogen) atoms. The molecule has 5 aromatic rings. The van der Waals surface area contributed by atoms with Crippen molar-refractivity contribution in [2.45, 2.75) is 20.8 Å². The molecule has 0 unspecified atom stereocenters. The van der Waals surface area contributed by atoms with Crippen molar-refractivity contribution in [2.75, 3.05) is 5.32 Å². The number of aryl methyl sites for hydroxylation is 3.